The summed E-state index contributed by atoms with van der Waals surface area (Å²) in [4.78, 5) is 29.1. The predicted octanol–water partition coefficient (Wildman–Crippen LogP) is 3.01. The molecule has 0 saturated carbocycles. The van der Waals surface area contributed by atoms with Crippen LogP contribution < -0.4 is 0 Å². The number of carbonyl (C=O) groups excluding carboxylic acids is 1. The normalized spacial score (nSPS) is 12.0. The number of aromatic nitrogens is 1. The molecule has 1 N–H and O–H groups in total. The molecule has 116 valence electrons. The van der Waals surface area contributed by atoms with Crippen molar-refractivity contribution in [1.82, 2.24) is 9.88 Å². The lowest BCUT2D eigenvalue weighted by atomic mass is 10.1. The highest BCUT2D eigenvalue weighted by Crippen LogP contribution is 2.16. The molecule has 21 heavy (non-hydrogen) atoms. The third-order valence-electron chi connectivity index (χ3n) is 3.29. The molecule has 1 amide bonds. The van der Waals surface area contributed by atoms with Crippen molar-refractivity contribution in [2.45, 2.75) is 46.1 Å². The minimum atomic E-state index is -1.03. The van der Waals surface area contributed by atoms with Crippen LogP contribution in [0.4, 0.5) is 0 Å². The molecule has 0 saturated heterocycles. The summed E-state index contributed by atoms with van der Waals surface area (Å²) in [6, 6.07) is 3.02. The second-order valence-corrected chi connectivity index (χ2v) is 5.39. The summed E-state index contributed by atoms with van der Waals surface area (Å²) in [5, 5.41) is 9.24. The summed E-state index contributed by atoms with van der Waals surface area (Å²) in [5.41, 5.74) is 1.13. The number of rotatable bonds is 7. The number of nitrogens with zero attached hydrogens (tertiary/aromatic N) is 2. The molecule has 1 unspecified atom stereocenters. The Balaban J connectivity index is 3.10. The Morgan fingerprint density at radius 3 is 2.57 bits per heavy atom. The minimum Gasteiger partial charge on any atom is -0.480 e. The van der Waals surface area contributed by atoms with Crippen molar-refractivity contribution in [3.8, 4) is 0 Å². The van der Waals surface area contributed by atoms with E-state index >= 15 is 0 Å². The minimum absolute atomic E-state index is 0.157. The number of amides is 1. The Kier molecular flexibility index (Phi) is 6.62. The average Bonchev–Trinajstić information content (AvgIpc) is 2.42. The van der Waals surface area contributed by atoms with E-state index in [1.165, 1.54) is 11.0 Å². The van der Waals surface area contributed by atoms with Crippen LogP contribution in [0.15, 0.2) is 12.1 Å². The molecule has 6 heteroatoms. The van der Waals surface area contributed by atoms with E-state index in [1.54, 1.807) is 6.07 Å². The SMILES string of the molecule is CCCc1cc(C(=O)N(CC(=O)O)C(C)CC)cc(Cl)n1. The molecular weight excluding hydrogens is 292 g/mol. The van der Waals surface area contributed by atoms with Crippen LogP contribution in [0, 0.1) is 0 Å². The quantitative estimate of drug-likeness (QED) is 0.786. The Labute approximate surface area is 129 Å². The van der Waals surface area contributed by atoms with E-state index in [-0.39, 0.29) is 23.6 Å². The summed E-state index contributed by atoms with van der Waals surface area (Å²) >= 11 is 5.96. The zero-order valence-corrected chi connectivity index (χ0v) is 13.4. The molecule has 0 spiro atoms. The molecule has 0 aliphatic heterocycles. The molecular formula is C15H21ClN2O3. The van der Waals surface area contributed by atoms with E-state index in [0.717, 1.165) is 18.5 Å². The number of carboxylic acid groups (broad SMARTS) is 1. The van der Waals surface area contributed by atoms with Crippen LogP contribution in [0.3, 0.4) is 0 Å². The van der Waals surface area contributed by atoms with Gasteiger partial charge in [-0.05, 0) is 31.9 Å². The number of pyridine rings is 1. The Morgan fingerprint density at radius 1 is 1.38 bits per heavy atom. The smallest absolute Gasteiger partial charge is 0.323 e. The highest BCUT2D eigenvalue weighted by molar-refractivity contribution is 6.29. The molecule has 5 nitrogen and oxygen atoms in total. The van der Waals surface area contributed by atoms with Gasteiger partial charge in [-0.1, -0.05) is 31.9 Å². The third kappa shape index (κ3) is 5.01. The zero-order valence-electron chi connectivity index (χ0n) is 12.6. The van der Waals surface area contributed by atoms with Gasteiger partial charge in [-0.15, -0.1) is 0 Å². The Bertz CT molecular complexity index is 520. The number of carbonyl (C=O) groups is 2. The molecule has 0 radical (unpaired) electrons. The van der Waals surface area contributed by atoms with E-state index in [9.17, 15) is 9.59 Å². The zero-order chi connectivity index (χ0) is 16.0. The maximum Gasteiger partial charge on any atom is 0.323 e. The highest BCUT2D eigenvalue weighted by Gasteiger charge is 2.23. The first-order valence-corrected chi connectivity index (χ1v) is 7.46. The van der Waals surface area contributed by atoms with Crippen molar-refractivity contribution >= 4 is 23.5 Å². The van der Waals surface area contributed by atoms with Crippen LogP contribution >= 0.6 is 11.6 Å². The summed E-state index contributed by atoms with van der Waals surface area (Å²) < 4.78 is 0. The van der Waals surface area contributed by atoms with Gasteiger partial charge in [-0.2, -0.15) is 0 Å². The predicted molar refractivity (Wildman–Crippen MR) is 81.7 cm³/mol. The number of hydrogen-bond acceptors (Lipinski definition) is 3. The number of aliphatic carboxylic acids is 1. The molecule has 1 atom stereocenters. The molecule has 0 fully saturated rings. The van der Waals surface area contributed by atoms with E-state index in [2.05, 4.69) is 4.98 Å². The van der Waals surface area contributed by atoms with Crippen LogP contribution in [0.25, 0.3) is 0 Å². The van der Waals surface area contributed by atoms with Crippen molar-refractivity contribution in [3.63, 3.8) is 0 Å². The lowest BCUT2D eigenvalue weighted by molar-refractivity contribution is -0.138. The summed E-state index contributed by atoms with van der Waals surface area (Å²) in [6.45, 7) is 5.43. The Hall–Kier alpha value is -1.62. The van der Waals surface area contributed by atoms with Gasteiger partial charge in [0.1, 0.15) is 11.7 Å². The monoisotopic (exact) mass is 312 g/mol. The van der Waals surface area contributed by atoms with E-state index in [0.29, 0.717) is 12.0 Å². The van der Waals surface area contributed by atoms with Gasteiger partial charge in [0.2, 0.25) is 0 Å². The summed E-state index contributed by atoms with van der Waals surface area (Å²) in [6.07, 6.45) is 2.30. The van der Waals surface area contributed by atoms with Gasteiger partial charge in [0, 0.05) is 17.3 Å². The van der Waals surface area contributed by atoms with Gasteiger partial charge in [-0.3, -0.25) is 9.59 Å². The molecule has 0 bridgehead atoms. The van der Waals surface area contributed by atoms with Crippen LogP contribution in [0.5, 0.6) is 0 Å². The van der Waals surface area contributed by atoms with Gasteiger partial charge >= 0.3 is 5.97 Å². The van der Waals surface area contributed by atoms with Gasteiger partial charge < -0.3 is 10.0 Å². The number of carboxylic acids is 1. The maximum atomic E-state index is 12.6. The first-order valence-electron chi connectivity index (χ1n) is 7.08. The van der Waals surface area contributed by atoms with Crippen LogP contribution in [0.2, 0.25) is 5.15 Å². The topological polar surface area (TPSA) is 70.5 Å². The van der Waals surface area contributed by atoms with Crippen LogP contribution in [-0.4, -0.2) is 39.5 Å². The van der Waals surface area contributed by atoms with Gasteiger partial charge in [-0.25, -0.2) is 4.98 Å². The first kappa shape index (κ1) is 17.4. The van der Waals surface area contributed by atoms with Crippen molar-refractivity contribution in [1.29, 1.82) is 0 Å². The van der Waals surface area contributed by atoms with Gasteiger partial charge in [0.15, 0.2) is 0 Å². The second kappa shape index (κ2) is 7.98. The second-order valence-electron chi connectivity index (χ2n) is 5.00. The first-order chi connectivity index (χ1) is 9.88. The van der Waals surface area contributed by atoms with Crippen molar-refractivity contribution < 1.29 is 14.7 Å². The largest absolute Gasteiger partial charge is 0.480 e. The number of hydrogen-bond donors (Lipinski definition) is 1. The van der Waals surface area contributed by atoms with Crippen LogP contribution in [-0.2, 0) is 11.2 Å². The summed E-state index contributed by atoms with van der Waals surface area (Å²) in [7, 11) is 0. The fraction of sp³-hybridized carbons (Fsp3) is 0.533. The van der Waals surface area contributed by atoms with Crippen molar-refractivity contribution in [2.24, 2.45) is 0 Å². The molecule has 1 aromatic heterocycles. The fourth-order valence-electron chi connectivity index (χ4n) is 2.02. The van der Waals surface area contributed by atoms with Crippen molar-refractivity contribution in [2.75, 3.05) is 6.54 Å². The third-order valence-corrected chi connectivity index (χ3v) is 3.48. The fourth-order valence-corrected chi connectivity index (χ4v) is 2.24. The van der Waals surface area contributed by atoms with Gasteiger partial charge in [0.25, 0.3) is 5.91 Å². The van der Waals surface area contributed by atoms with Crippen LogP contribution in [0.1, 0.15) is 49.7 Å². The van der Waals surface area contributed by atoms with Gasteiger partial charge in [0.05, 0.1) is 0 Å². The number of halogens is 1. The molecule has 0 aromatic carbocycles. The summed E-state index contributed by atoms with van der Waals surface area (Å²) in [5.74, 6) is -1.36. The molecule has 1 rings (SSSR count). The Morgan fingerprint density at radius 2 is 2.05 bits per heavy atom. The van der Waals surface area contributed by atoms with E-state index in [4.69, 9.17) is 16.7 Å². The lowest BCUT2D eigenvalue weighted by Crippen LogP contribution is -2.41. The lowest BCUT2D eigenvalue weighted by Gasteiger charge is -2.27. The molecule has 1 aromatic rings. The molecule has 0 aliphatic carbocycles. The van der Waals surface area contributed by atoms with Crippen molar-refractivity contribution in [3.05, 3.63) is 28.5 Å². The van der Waals surface area contributed by atoms with E-state index in [1.807, 2.05) is 20.8 Å². The molecule has 0 aliphatic rings. The standard InChI is InChI=1S/C15H21ClN2O3/c1-4-6-12-7-11(8-13(16)17-12)15(21)18(9-14(19)20)10(3)5-2/h7-8,10H,4-6,9H2,1-3H3,(H,19,20). The average molecular weight is 313 g/mol. The molecule has 1 heterocycles. The van der Waals surface area contributed by atoms with E-state index < -0.39 is 5.97 Å². The maximum absolute atomic E-state index is 12.6. The number of aryl methyl sites for hydroxylation is 1. The highest BCUT2D eigenvalue weighted by atomic mass is 35.5.